The molecule has 11 nitrogen and oxygen atoms in total. The molecule has 0 atom stereocenters. The Kier molecular flexibility index (Phi) is 7.50. The van der Waals surface area contributed by atoms with E-state index in [4.69, 9.17) is 9.68 Å². The normalized spacial score (nSPS) is 10.6. The molecule has 1 aliphatic heterocycles. The molecule has 0 spiro atoms. The Labute approximate surface area is 254 Å². The Morgan fingerprint density at radius 3 is 2.56 bits per heavy atom. The number of nitrogens with zero attached hydrogens (tertiary/aromatic N) is 4. The lowest BCUT2D eigenvalue weighted by Gasteiger charge is -2.17. The lowest BCUT2D eigenvalue weighted by atomic mass is 9.89. The molecule has 6 rings (SSSR count). The van der Waals surface area contributed by atoms with E-state index in [2.05, 4.69) is 27.5 Å². The summed E-state index contributed by atoms with van der Waals surface area (Å²) in [5, 5.41) is 40.3. The van der Waals surface area contributed by atoms with Gasteiger partial charge in [-0.05, 0) is 65.7 Å². The molecule has 0 bridgehead atoms. The largest absolute Gasteiger partial charge is 0.508 e. The van der Waals surface area contributed by atoms with Gasteiger partial charge >= 0.3 is 5.97 Å². The lowest BCUT2D eigenvalue weighted by Crippen LogP contribution is -2.24. The van der Waals surface area contributed by atoms with Crippen LogP contribution in [-0.4, -0.2) is 37.1 Å². The predicted octanol–water partition coefficient (Wildman–Crippen LogP) is 4.28. The number of carbonyl (C=O) groups is 2. The third-order valence-corrected chi connectivity index (χ3v) is 7.03. The van der Waals surface area contributed by atoms with Crippen LogP contribution in [0.5, 0.6) is 5.75 Å². The summed E-state index contributed by atoms with van der Waals surface area (Å²) < 4.78 is 7.41. The molecule has 3 N–H and O–H groups in total. The maximum Gasteiger partial charge on any atom is 0.336 e. The average Bonchev–Trinajstić information content (AvgIpc) is 3.51. The van der Waals surface area contributed by atoms with Gasteiger partial charge in [0.05, 0.1) is 30.4 Å². The van der Waals surface area contributed by atoms with Crippen molar-refractivity contribution in [3.8, 4) is 51.8 Å². The fraction of sp³-hybridized carbons (Fsp3) is 0.0588. The molecule has 0 saturated carbocycles. The molecule has 1 aliphatic carbocycles. The second-order valence-corrected chi connectivity index (χ2v) is 10.0. The number of carboxylic acids is 1. The first-order chi connectivity index (χ1) is 21.8. The number of aromatic nitrogens is 3. The Morgan fingerprint density at radius 1 is 0.978 bits per heavy atom. The number of benzene rings is 4. The number of fused-ring (bicyclic) bond motifs is 2. The van der Waals surface area contributed by atoms with Gasteiger partial charge in [0.15, 0.2) is 11.5 Å². The number of nitrogens with one attached hydrogen (secondary N) is 1. The van der Waals surface area contributed by atoms with Crippen molar-refractivity contribution in [2.75, 3.05) is 0 Å². The van der Waals surface area contributed by atoms with E-state index in [1.165, 1.54) is 30.3 Å². The summed E-state index contributed by atoms with van der Waals surface area (Å²) in [5.74, 6) is 3.70. The van der Waals surface area contributed by atoms with E-state index in [0.29, 0.717) is 38.9 Å². The molecule has 4 aromatic rings. The van der Waals surface area contributed by atoms with E-state index in [1.54, 1.807) is 65.5 Å². The topological polar surface area (TPSA) is 171 Å². The third-order valence-electron chi connectivity index (χ3n) is 7.03. The Hall–Kier alpha value is -6.72. The van der Waals surface area contributed by atoms with Crippen LogP contribution < -0.4 is 10.7 Å². The quantitative estimate of drug-likeness (QED) is 0.180. The molecule has 0 radical (unpaired) electrons. The minimum Gasteiger partial charge on any atom is -0.508 e. The number of phenolic OH excluding ortho intramolecular Hbond substituents is 1. The van der Waals surface area contributed by atoms with Crippen molar-refractivity contribution in [3.63, 3.8) is 0 Å². The van der Waals surface area contributed by atoms with Crippen molar-refractivity contribution < 1.29 is 24.2 Å². The van der Waals surface area contributed by atoms with E-state index < -0.39 is 5.97 Å². The summed E-state index contributed by atoms with van der Waals surface area (Å²) in [7, 11) is 0. The maximum atomic E-state index is 12.8. The Morgan fingerprint density at radius 2 is 1.78 bits per heavy atom. The van der Waals surface area contributed by atoms with Gasteiger partial charge in [-0.25, -0.2) is 9.48 Å². The average molecular weight is 596 g/mol. The Bertz CT molecular complexity index is 2250. The Balaban J connectivity index is 1.22. The molecule has 0 fully saturated rings. The monoisotopic (exact) mass is 595 g/mol. The third kappa shape index (κ3) is 5.95. The van der Waals surface area contributed by atoms with Crippen LogP contribution in [0, 0.1) is 23.2 Å². The molecule has 1 aromatic heterocycles. The number of carbonyl (C=O) groups excluding carboxylic acids is 1. The lowest BCUT2D eigenvalue weighted by molar-refractivity contribution is -0.120. The van der Waals surface area contributed by atoms with Crippen LogP contribution in [0.3, 0.4) is 0 Å². The first kappa shape index (κ1) is 28.4. The number of carboxylic acid groups (broad SMARTS) is 1. The van der Waals surface area contributed by atoms with E-state index in [9.17, 15) is 24.6 Å². The summed E-state index contributed by atoms with van der Waals surface area (Å²) in [5.41, 5.74) is 3.77. The molecule has 218 valence electrons. The van der Waals surface area contributed by atoms with E-state index in [0.717, 1.165) is 5.69 Å². The molecule has 1 amide bonds. The number of phenols is 1. The van der Waals surface area contributed by atoms with Gasteiger partial charge < -0.3 is 19.9 Å². The summed E-state index contributed by atoms with van der Waals surface area (Å²) in [4.78, 5) is 37.3. The first-order valence-corrected chi connectivity index (χ1v) is 13.5. The highest BCUT2D eigenvalue weighted by molar-refractivity contribution is 6.07. The van der Waals surface area contributed by atoms with Crippen molar-refractivity contribution in [2.45, 2.75) is 13.0 Å². The van der Waals surface area contributed by atoms with Crippen LogP contribution in [0.15, 0.2) is 94.3 Å². The van der Waals surface area contributed by atoms with Crippen LogP contribution in [0.1, 0.15) is 27.2 Å². The van der Waals surface area contributed by atoms with Gasteiger partial charge in [0.2, 0.25) is 5.91 Å². The number of amides is 1. The molecule has 0 saturated heterocycles. The highest BCUT2D eigenvalue weighted by Crippen LogP contribution is 2.42. The second-order valence-electron chi connectivity index (χ2n) is 10.0. The molecular formula is C34H21N5O6. The van der Waals surface area contributed by atoms with Crippen molar-refractivity contribution in [3.05, 3.63) is 118 Å². The minimum atomic E-state index is -1.20. The molecule has 2 heterocycles. The second kappa shape index (κ2) is 11.9. The molecule has 45 heavy (non-hydrogen) atoms. The molecule has 0 unspecified atom stereocenters. The zero-order valence-corrected chi connectivity index (χ0v) is 23.3. The van der Waals surface area contributed by atoms with Crippen molar-refractivity contribution in [2.24, 2.45) is 0 Å². The predicted molar refractivity (Wildman–Crippen MR) is 163 cm³/mol. The van der Waals surface area contributed by atoms with E-state index in [1.807, 2.05) is 0 Å². The molecule has 3 aromatic carbocycles. The number of rotatable bonds is 7. The van der Waals surface area contributed by atoms with Crippen molar-refractivity contribution in [1.82, 2.24) is 20.3 Å². The zero-order chi connectivity index (χ0) is 31.5. The van der Waals surface area contributed by atoms with Gasteiger partial charge in [0.25, 0.3) is 0 Å². The number of hydrogen-bond donors (Lipinski definition) is 3. The SMILES string of the molecule is N#CC#Cc1ccc(-n2cc(CNC(=O)Cc3ccc(-c4c5ccc(=O)cc-5oc5cc(O)ccc45)c(C(=O)O)c3)nn2)cc1. The van der Waals surface area contributed by atoms with Crippen LogP contribution >= 0.6 is 0 Å². The van der Waals surface area contributed by atoms with Crippen molar-refractivity contribution >= 4 is 22.8 Å². The first-order valence-electron chi connectivity index (χ1n) is 13.5. The molecule has 2 aliphatic rings. The highest BCUT2D eigenvalue weighted by atomic mass is 16.4. The smallest absolute Gasteiger partial charge is 0.336 e. The van der Waals surface area contributed by atoms with Crippen LogP contribution in [0.2, 0.25) is 0 Å². The van der Waals surface area contributed by atoms with Gasteiger partial charge in [0.1, 0.15) is 22.8 Å². The zero-order valence-electron chi connectivity index (χ0n) is 23.3. The minimum absolute atomic E-state index is 0.0408. The maximum absolute atomic E-state index is 12.8. The van der Waals surface area contributed by atoms with E-state index in [-0.39, 0.29) is 47.0 Å². The van der Waals surface area contributed by atoms with Crippen LogP contribution in [0.25, 0.3) is 39.1 Å². The van der Waals surface area contributed by atoms with Gasteiger partial charge in [0, 0.05) is 40.1 Å². The van der Waals surface area contributed by atoms with Gasteiger partial charge in [-0.15, -0.1) is 5.10 Å². The van der Waals surface area contributed by atoms with Gasteiger partial charge in [-0.2, -0.15) is 5.26 Å². The fourth-order valence-electron chi connectivity index (χ4n) is 4.99. The van der Waals surface area contributed by atoms with Crippen LogP contribution in [-0.2, 0) is 17.8 Å². The standard InChI is InChI=1S/C34H21N5O6/c35-13-1-2-20-3-6-23(7-4-20)39-19-22(37-38-39)18-36-32(42)15-21-5-10-26(29(14-21)34(43)44)33-27-11-8-24(40)16-30(27)45-31-17-25(41)9-12-28(31)33/h3-12,14,16-17,19,40H,15,18H2,(H,36,42)(H,43,44). The molecular weight excluding hydrogens is 574 g/mol. The molecule has 11 heteroatoms. The summed E-state index contributed by atoms with van der Waals surface area (Å²) >= 11 is 0. The summed E-state index contributed by atoms with van der Waals surface area (Å²) in [6.07, 6.45) is 1.59. The fourth-order valence-corrected chi connectivity index (χ4v) is 4.99. The van der Waals surface area contributed by atoms with E-state index >= 15 is 0 Å². The van der Waals surface area contributed by atoms with Gasteiger partial charge in [-0.1, -0.05) is 23.3 Å². The summed E-state index contributed by atoms with van der Waals surface area (Å²) in [6, 6.07) is 22.3. The van der Waals surface area contributed by atoms with Gasteiger partial charge in [-0.3, -0.25) is 9.59 Å². The number of nitriles is 1. The number of aromatic hydroxyl groups is 1. The van der Waals surface area contributed by atoms with Crippen molar-refractivity contribution in [1.29, 1.82) is 5.26 Å². The van der Waals surface area contributed by atoms with Crippen LogP contribution in [0.4, 0.5) is 0 Å². The summed E-state index contributed by atoms with van der Waals surface area (Å²) in [6.45, 7) is 0.106. The number of hydrogen-bond acceptors (Lipinski definition) is 8. The number of aromatic carboxylic acids is 1. The highest BCUT2D eigenvalue weighted by Gasteiger charge is 2.22.